The summed E-state index contributed by atoms with van der Waals surface area (Å²) in [6.07, 6.45) is 2.46. The highest BCUT2D eigenvalue weighted by Crippen LogP contribution is 2.23. The molecule has 0 spiro atoms. The first-order valence-corrected chi connectivity index (χ1v) is 7.06. The number of hydrogen-bond donors (Lipinski definition) is 1. The highest BCUT2D eigenvalue weighted by atomic mass is 16.7. The fourth-order valence-corrected chi connectivity index (χ4v) is 1.88. The van der Waals surface area contributed by atoms with Crippen LogP contribution >= 0.6 is 0 Å². The summed E-state index contributed by atoms with van der Waals surface area (Å²) < 4.78 is 5.00. The van der Waals surface area contributed by atoms with Gasteiger partial charge in [0.05, 0.1) is 5.56 Å². The Hall–Kier alpha value is -2.89. The molecular weight excluding hydrogens is 296 g/mol. The maximum atomic E-state index is 12.2. The third-order valence-corrected chi connectivity index (χ3v) is 2.75. The second kappa shape index (κ2) is 6.91. The lowest BCUT2D eigenvalue weighted by Crippen LogP contribution is -2.34. The highest BCUT2D eigenvalue weighted by molar-refractivity contribution is 5.97. The molecule has 6 nitrogen and oxygen atoms in total. The number of hydroxylamine groups is 1. The molecule has 2 rings (SSSR count). The lowest BCUT2D eigenvalue weighted by Gasteiger charge is -2.19. The predicted molar refractivity (Wildman–Crippen MR) is 84.5 cm³/mol. The molecule has 0 bridgehead atoms. The third kappa shape index (κ3) is 4.81. The highest BCUT2D eigenvalue weighted by Gasteiger charge is 2.19. The van der Waals surface area contributed by atoms with Crippen molar-refractivity contribution in [1.29, 1.82) is 0 Å². The van der Waals surface area contributed by atoms with E-state index in [2.05, 4.69) is 4.98 Å². The Kier molecular flexibility index (Phi) is 4.95. The van der Waals surface area contributed by atoms with Gasteiger partial charge in [-0.15, -0.1) is 5.48 Å². The van der Waals surface area contributed by atoms with Crippen LogP contribution in [-0.4, -0.2) is 22.6 Å². The summed E-state index contributed by atoms with van der Waals surface area (Å²) in [6, 6.07) is 10.5. The maximum Gasteiger partial charge on any atom is 0.441 e. The SMILES string of the molecule is CC(C)(C)OC(=O)NOC(=O)c1ccccc1-c1cccnc1. The van der Waals surface area contributed by atoms with Crippen LogP contribution in [0.4, 0.5) is 4.79 Å². The van der Waals surface area contributed by atoms with Crippen LogP contribution in [-0.2, 0) is 9.57 Å². The minimum Gasteiger partial charge on any atom is -0.442 e. The van der Waals surface area contributed by atoms with Crippen molar-refractivity contribution in [3.05, 3.63) is 54.4 Å². The minimum absolute atomic E-state index is 0.316. The van der Waals surface area contributed by atoms with Gasteiger partial charge in [-0.05, 0) is 38.5 Å². The quantitative estimate of drug-likeness (QED) is 0.860. The van der Waals surface area contributed by atoms with Crippen molar-refractivity contribution in [3.63, 3.8) is 0 Å². The number of aromatic nitrogens is 1. The zero-order chi connectivity index (χ0) is 16.9. The normalized spacial score (nSPS) is 10.7. The van der Waals surface area contributed by atoms with E-state index in [1.807, 2.05) is 11.5 Å². The van der Waals surface area contributed by atoms with Gasteiger partial charge >= 0.3 is 12.1 Å². The summed E-state index contributed by atoms with van der Waals surface area (Å²) in [7, 11) is 0. The summed E-state index contributed by atoms with van der Waals surface area (Å²) >= 11 is 0. The molecule has 1 amide bonds. The Bertz CT molecular complexity index is 693. The van der Waals surface area contributed by atoms with E-state index in [1.54, 1.807) is 63.5 Å². The Morgan fingerprint density at radius 2 is 1.83 bits per heavy atom. The molecule has 0 saturated carbocycles. The van der Waals surface area contributed by atoms with Crippen LogP contribution in [0.1, 0.15) is 31.1 Å². The van der Waals surface area contributed by atoms with Gasteiger partial charge in [-0.3, -0.25) is 4.98 Å². The number of carbonyl (C=O) groups is 2. The Morgan fingerprint density at radius 3 is 2.48 bits per heavy atom. The van der Waals surface area contributed by atoms with E-state index < -0.39 is 17.7 Å². The first-order valence-electron chi connectivity index (χ1n) is 7.06. The van der Waals surface area contributed by atoms with Crippen LogP contribution in [0.15, 0.2) is 48.8 Å². The van der Waals surface area contributed by atoms with Gasteiger partial charge < -0.3 is 9.57 Å². The largest absolute Gasteiger partial charge is 0.442 e. The van der Waals surface area contributed by atoms with E-state index in [4.69, 9.17) is 9.57 Å². The van der Waals surface area contributed by atoms with Gasteiger partial charge in [0.1, 0.15) is 5.60 Å². The second-order valence-corrected chi connectivity index (χ2v) is 5.78. The molecular formula is C17H18N2O4. The molecule has 0 atom stereocenters. The first kappa shape index (κ1) is 16.5. The van der Waals surface area contributed by atoms with Gasteiger partial charge in [-0.1, -0.05) is 24.3 Å². The Labute approximate surface area is 134 Å². The fraction of sp³-hybridized carbons (Fsp3) is 0.235. The van der Waals surface area contributed by atoms with Crippen LogP contribution in [0, 0.1) is 0 Å². The average Bonchev–Trinajstić information content (AvgIpc) is 2.52. The number of amides is 1. The zero-order valence-electron chi connectivity index (χ0n) is 13.2. The van der Waals surface area contributed by atoms with Gasteiger partial charge in [-0.2, -0.15) is 0 Å². The standard InChI is InChI=1S/C17H18N2O4/c1-17(2,3)22-16(21)19-23-15(20)14-9-5-4-8-13(14)12-7-6-10-18-11-12/h4-11H,1-3H3,(H,19,21). The molecule has 2 aromatic rings. The molecule has 1 heterocycles. The molecule has 0 aliphatic carbocycles. The Balaban J connectivity index is 2.10. The predicted octanol–water partition coefficient (Wildman–Crippen LogP) is 3.35. The van der Waals surface area contributed by atoms with Gasteiger partial charge in [0.2, 0.25) is 0 Å². The topological polar surface area (TPSA) is 77.5 Å². The van der Waals surface area contributed by atoms with Crippen molar-refractivity contribution in [1.82, 2.24) is 10.5 Å². The summed E-state index contributed by atoms with van der Waals surface area (Å²) in [5.74, 6) is -0.685. The summed E-state index contributed by atoms with van der Waals surface area (Å²) in [4.78, 5) is 32.6. The van der Waals surface area contributed by atoms with Gasteiger partial charge in [-0.25, -0.2) is 9.59 Å². The minimum atomic E-state index is -0.829. The van der Waals surface area contributed by atoms with E-state index in [1.165, 1.54) is 0 Å². The van der Waals surface area contributed by atoms with E-state index in [0.717, 1.165) is 5.56 Å². The van der Waals surface area contributed by atoms with Crippen molar-refractivity contribution >= 4 is 12.1 Å². The van der Waals surface area contributed by atoms with Crippen molar-refractivity contribution in [2.24, 2.45) is 0 Å². The van der Waals surface area contributed by atoms with E-state index in [9.17, 15) is 9.59 Å². The monoisotopic (exact) mass is 314 g/mol. The second-order valence-electron chi connectivity index (χ2n) is 5.78. The molecule has 1 aromatic carbocycles. The number of ether oxygens (including phenoxy) is 1. The molecule has 23 heavy (non-hydrogen) atoms. The van der Waals surface area contributed by atoms with Crippen molar-refractivity contribution in [2.75, 3.05) is 0 Å². The molecule has 0 aliphatic rings. The number of pyridine rings is 1. The van der Waals surface area contributed by atoms with Crippen LogP contribution in [0.3, 0.4) is 0 Å². The number of carbonyl (C=O) groups excluding carboxylic acids is 2. The zero-order valence-corrected chi connectivity index (χ0v) is 13.2. The number of rotatable bonds is 2. The van der Waals surface area contributed by atoms with Crippen molar-refractivity contribution in [2.45, 2.75) is 26.4 Å². The van der Waals surface area contributed by atoms with Crippen molar-refractivity contribution in [3.8, 4) is 11.1 Å². The first-order chi connectivity index (χ1) is 10.9. The summed E-state index contributed by atoms with van der Waals surface area (Å²) in [5, 5.41) is 0. The smallest absolute Gasteiger partial charge is 0.441 e. The Morgan fingerprint density at radius 1 is 1.09 bits per heavy atom. The van der Waals surface area contributed by atoms with E-state index in [0.29, 0.717) is 11.1 Å². The lowest BCUT2D eigenvalue weighted by atomic mass is 10.0. The van der Waals surface area contributed by atoms with Crippen LogP contribution in [0.2, 0.25) is 0 Å². The number of benzene rings is 1. The molecule has 1 N–H and O–H groups in total. The van der Waals surface area contributed by atoms with Gasteiger partial charge in [0.25, 0.3) is 0 Å². The van der Waals surface area contributed by atoms with Gasteiger partial charge in [0, 0.05) is 18.0 Å². The molecule has 1 aromatic heterocycles. The van der Waals surface area contributed by atoms with E-state index in [-0.39, 0.29) is 0 Å². The van der Waals surface area contributed by atoms with E-state index >= 15 is 0 Å². The molecule has 0 saturated heterocycles. The molecule has 120 valence electrons. The fourth-order valence-electron chi connectivity index (χ4n) is 1.88. The maximum absolute atomic E-state index is 12.2. The number of nitrogens with one attached hydrogen (secondary N) is 1. The number of nitrogens with zero attached hydrogens (tertiary/aromatic N) is 1. The summed E-state index contributed by atoms with van der Waals surface area (Å²) in [6.45, 7) is 5.14. The van der Waals surface area contributed by atoms with Crippen LogP contribution in [0.25, 0.3) is 11.1 Å². The summed E-state index contributed by atoms with van der Waals surface area (Å²) in [5.41, 5.74) is 3.07. The molecule has 0 radical (unpaired) electrons. The van der Waals surface area contributed by atoms with Gasteiger partial charge in [0.15, 0.2) is 0 Å². The molecule has 0 aliphatic heterocycles. The lowest BCUT2D eigenvalue weighted by molar-refractivity contribution is -0.00125. The number of hydrogen-bond acceptors (Lipinski definition) is 5. The molecule has 0 fully saturated rings. The van der Waals surface area contributed by atoms with Crippen LogP contribution in [0.5, 0.6) is 0 Å². The molecule has 0 unspecified atom stereocenters. The van der Waals surface area contributed by atoms with Crippen LogP contribution < -0.4 is 5.48 Å². The van der Waals surface area contributed by atoms with Crippen molar-refractivity contribution < 1.29 is 19.2 Å². The third-order valence-electron chi connectivity index (χ3n) is 2.75. The molecule has 6 heteroatoms. The average molecular weight is 314 g/mol.